The molecule has 0 aliphatic carbocycles. The molecule has 0 bridgehead atoms. The first-order chi connectivity index (χ1) is 16.6. The maximum Gasteiger partial charge on any atom is 0.234 e. The first-order valence-corrected chi connectivity index (χ1v) is 11.9. The zero-order chi connectivity index (χ0) is 23.8. The number of hydrogen-bond acceptors (Lipinski definition) is 5. The van der Waals surface area contributed by atoms with Gasteiger partial charge < -0.3 is 14.7 Å². The van der Waals surface area contributed by atoms with E-state index >= 15 is 0 Å². The van der Waals surface area contributed by atoms with Crippen LogP contribution in [0.3, 0.4) is 0 Å². The first kappa shape index (κ1) is 24.4. The molecule has 34 heavy (non-hydrogen) atoms. The van der Waals surface area contributed by atoms with Gasteiger partial charge in [0.05, 0.1) is 30.3 Å². The Labute approximate surface area is 205 Å². The number of carbonyl (C=O) groups is 1. The molecule has 6 nitrogen and oxygen atoms in total. The topological polar surface area (TPSA) is 65.9 Å². The first-order valence-electron chi connectivity index (χ1n) is 11.6. The molecule has 0 saturated carbocycles. The van der Waals surface area contributed by atoms with Gasteiger partial charge in [0.1, 0.15) is 0 Å². The number of aliphatic hydroxyl groups is 1. The fourth-order valence-corrected chi connectivity index (χ4v) is 4.50. The van der Waals surface area contributed by atoms with Gasteiger partial charge in [0, 0.05) is 45.1 Å². The van der Waals surface area contributed by atoms with E-state index in [1.165, 1.54) is 0 Å². The Morgan fingerprint density at radius 2 is 1.59 bits per heavy atom. The van der Waals surface area contributed by atoms with Crippen molar-refractivity contribution in [2.45, 2.75) is 18.6 Å². The van der Waals surface area contributed by atoms with Gasteiger partial charge in [-0.3, -0.25) is 14.7 Å². The lowest BCUT2D eigenvalue weighted by molar-refractivity contribution is -0.133. The highest BCUT2D eigenvalue weighted by molar-refractivity contribution is 6.30. The average molecular weight is 480 g/mol. The van der Waals surface area contributed by atoms with Crippen LogP contribution in [0.2, 0.25) is 5.02 Å². The summed E-state index contributed by atoms with van der Waals surface area (Å²) in [5.41, 5.74) is 2.88. The van der Waals surface area contributed by atoms with Crippen molar-refractivity contribution in [2.24, 2.45) is 0 Å². The number of carbonyl (C=O) groups excluding carboxylic acids is 1. The zero-order valence-electron chi connectivity index (χ0n) is 19.1. The van der Waals surface area contributed by atoms with Gasteiger partial charge >= 0.3 is 0 Å². The molecule has 1 unspecified atom stereocenters. The van der Waals surface area contributed by atoms with Crippen LogP contribution in [0.25, 0.3) is 0 Å². The van der Waals surface area contributed by atoms with E-state index < -0.39 is 6.10 Å². The minimum Gasteiger partial charge on any atom is -0.389 e. The van der Waals surface area contributed by atoms with Crippen LogP contribution in [0.4, 0.5) is 0 Å². The molecule has 178 valence electrons. The standard InChI is InChI=1S/C27H30ClN3O3/c28-24-15-21(16-29-17-24)19-34-20-25(32)18-30-11-13-31(14-12-30)27(33)26(22-7-3-1-4-8-22)23-9-5-2-6-10-23/h1-10,15-17,25-26,32H,11-14,18-20H2. The normalized spacial score (nSPS) is 15.4. The molecule has 2 aromatic carbocycles. The minimum absolute atomic E-state index is 0.121. The van der Waals surface area contributed by atoms with Gasteiger partial charge in [0.15, 0.2) is 0 Å². The Bertz CT molecular complexity index is 1000. The molecule has 0 spiro atoms. The number of halogens is 1. The van der Waals surface area contributed by atoms with E-state index in [2.05, 4.69) is 9.88 Å². The third-order valence-corrected chi connectivity index (χ3v) is 6.21. The summed E-state index contributed by atoms with van der Waals surface area (Å²) >= 11 is 5.94. The van der Waals surface area contributed by atoms with E-state index in [9.17, 15) is 9.90 Å². The number of rotatable bonds is 9. The molecule has 1 fully saturated rings. The molecule has 1 aromatic heterocycles. The van der Waals surface area contributed by atoms with E-state index in [1.807, 2.05) is 65.6 Å². The van der Waals surface area contributed by atoms with E-state index in [4.69, 9.17) is 16.3 Å². The number of ether oxygens (including phenoxy) is 1. The molecule has 1 N–H and O–H groups in total. The zero-order valence-corrected chi connectivity index (χ0v) is 19.8. The Balaban J connectivity index is 1.28. The maximum absolute atomic E-state index is 13.6. The Morgan fingerprint density at radius 3 is 2.18 bits per heavy atom. The molecule has 1 saturated heterocycles. The number of amides is 1. The third kappa shape index (κ3) is 6.64. The van der Waals surface area contributed by atoms with Crippen LogP contribution in [-0.2, 0) is 16.1 Å². The number of aliphatic hydroxyl groups excluding tert-OH is 1. The summed E-state index contributed by atoms with van der Waals surface area (Å²) in [7, 11) is 0. The lowest BCUT2D eigenvalue weighted by atomic mass is 9.90. The van der Waals surface area contributed by atoms with E-state index in [0.29, 0.717) is 31.3 Å². The van der Waals surface area contributed by atoms with Crippen LogP contribution in [0, 0.1) is 0 Å². The van der Waals surface area contributed by atoms with Crippen LogP contribution in [0.1, 0.15) is 22.6 Å². The van der Waals surface area contributed by atoms with Crippen molar-refractivity contribution >= 4 is 17.5 Å². The Kier molecular flexibility index (Phi) is 8.66. The highest BCUT2D eigenvalue weighted by atomic mass is 35.5. The summed E-state index contributed by atoms with van der Waals surface area (Å²) in [6.45, 7) is 3.81. The van der Waals surface area contributed by atoms with Crippen LogP contribution < -0.4 is 0 Å². The van der Waals surface area contributed by atoms with Crippen molar-refractivity contribution in [1.29, 1.82) is 0 Å². The second-order valence-corrected chi connectivity index (χ2v) is 9.00. The molecule has 1 aliphatic rings. The van der Waals surface area contributed by atoms with Crippen molar-refractivity contribution in [3.63, 3.8) is 0 Å². The van der Waals surface area contributed by atoms with Crippen molar-refractivity contribution < 1.29 is 14.6 Å². The molecule has 1 amide bonds. The summed E-state index contributed by atoms with van der Waals surface area (Å²) in [6.07, 6.45) is 2.68. The molecule has 1 aliphatic heterocycles. The summed E-state index contributed by atoms with van der Waals surface area (Å²) in [6, 6.07) is 21.7. The predicted molar refractivity (Wildman–Crippen MR) is 133 cm³/mol. The molecule has 7 heteroatoms. The fraction of sp³-hybridized carbons (Fsp3) is 0.333. The Morgan fingerprint density at radius 1 is 0.971 bits per heavy atom. The Hall–Kier alpha value is -2.77. The van der Waals surface area contributed by atoms with Crippen molar-refractivity contribution in [1.82, 2.24) is 14.8 Å². The molecule has 4 rings (SSSR count). The van der Waals surface area contributed by atoms with Crippen LogP contribution in [0.15, 0.2) is 79.1 Å². The lowest BCUT2D eigenvalue weighted by Gasteiger charge is -2.37. The number of pyridine rings is 1. The van der Waals surface area contributed by atoms with Gasteiger partial charge in [-0.05, 0) is 22.8 Å². The largest absolute Gasteiger partial charge is 0.389 e. The molecule has 3 aromatic rings. The number of nitrogens with zero attached hydrogens (tertiary/aromatic N) is 3. The van der Waals surface area contributed by atoms with Crippen LogP contribution >= 0.6 is 11.6 Å². The predicted octanol–water partition coefficient (Wildman–Crippen LogP) is 3.59. The van der Waals surface area contributed by atoms with Gasteiger partial charge in [-0.25, -0.2) is 0 Å². The number of aromatic nitrogens is 1. The van der Waals surface area contributed by atoms with E-state index in [1.54, 1.807) is 18.5 Å². The van der Waals surface area contributed by atoms with E-state index in [0.717, 1.165) is 29.8 Å². The average Bonchev–Trinajstić information content (AvgIpc) is 2.86. The van der Waals surface area contributed by atoms with Crippen molar-refractivity contribution in [3.05, 3.63) is 101 Å². The minimum atomic E-state index is -0.601. The molecular weight excluding hydrogens is 450 g/mol. The SMILES string of the molecule is O=C(C(c1ccccc1)c1ccccc1)N1CCN(CC(O)COCc2cncc(Cl)c2)CC1. The van der Waals surface area contributed by atoms with Crippen molar-refractivity contribution in [3.8, 4) is 0 Å². The second kappa shape index (κ2) is 12.1. The number of benzene rings is 2. The number of β-amino-alcohol motifs (C(OH)–C–C–N with tert-alkyl or cyclic N) is 1. The van der Waals surface area contributed by atoms with Gasteiger partial charge in [-0.2, -0.15) is 0 Å². The fourth-order valence-electron chi connectivity index (χ4n) is 4.30. The van der Waals surface area contributed by atoms with Crippen LogP contribution in [0.5, 0.6) is 0 Å². The van der Waals surface area contributed by atoms with Crippen molar-refractivity contribution in [2.75, 3.05) is 39.3 Å². The molecule has 1 atom stereocenters. The summed E-state index contributed by atoms with van der Waals surface area (Å²) < 4.78 is 5.63. The quantitative estimate of drug-likeness (QED) is 0.508. The number of hydrogen-bond donors (Lipinski definition) is 1. The monoisotopic (exact) mass is 479 g/mol. The maximum atomic E-state index is 13.6. The van der Waals surface area contributed by atoms with Gasteiger partial charge in [0.2, 0.25) is 5.91 Å². The second-order valence-electron chi connectivity index (χ2n) is 8.56. The lowest BCUT2D eigenvalue weighted by Crippen LogP contribution is -2.51. The highest BCUT2D eigenvalue weighted by Crippen LogP contribution is 2.27. The smallest absolute Gasteiger partial charge is 0.234 e. The summed E-state index contributed by atoms with van der Waals surface area (Å²) in [5, 5.41) is 11.0. The van der Waals surface area contributed by atoms with Crippen LogP contribution in [-0.4, -0.2) is 71.2 Å². The third-order valence-electron chi connectivity index (χ3n) is 6.01. The molecule has 0 radical (unpaired) electrons. The van der Waals surface area contributed by atoms with E-state index in [-0.39, 0.29) is 18.4 Å². The van der Waals surface area contributed by atoms with Gasteiger partial charge in [-0.1, -0.05) is 72.3 Å². The summed E-state index contributed by atoms with van der Waals surface area (Å²) in [5.74, 6) is -0.190. The van der Waals surface area contributed by atoms with Gasteiger partial charge in [-0.15, -0.1) is 0 Å². The number of piperazine rings is 1. The molecule has 2 heterocycles. The highest BCUT2D eigenvalue weighted by Gasteiger charge is 2.30. The summed E-state index contributed by atoms with van der Waals surface area (Å²) in [4.78, 5) is 21.7. The molecular formula is C27H30ClN3O3. The van der Waals surface area contributed by atoms with Gasteiger partial charge in [0.25, 0.3) is 0 Å².